The summed E-state index contributed by atoms with van der Waals surface area (Å²) in [6, 6.07) is 11.0. The Balaban J connectivity index is 1.63. The minimum absolute atomic E-state index is 0.169. The summed E-state index contributed by atoms with van der Waals surface area (Å²) >= 11 is 0. The van der Waals surface area contributed by atoms with Crippen LogP contribution < -0.4 is 5.32 Å². The van der Waals surface area contributed by atoms with Gasteiger partial charge in [0.15, 0.2) is 0 Å². The molecular weight excluding hydrogens is 310 g/mol. The lowest BCUT2D eigenvalue weighted by Gasteiger charge is -2.22. The maximum atomic E-state index is 13.3. The average molecular weight is 330 g/mol. The van der Waals surface area contributed by atoms with Crippen molar-refractivity contribution in [3.63, 3.8) is 0 Å². The Bertz CT molecular complexity index is 727. The van der Waals surface area contributed by atoms with E-state index < -0.39 is 0 Å². The highest BCUT2D eigenvalue weighted by Gasteiger charge is 2.30. The van der Waals surface area contributed by atoms with Crippen molar-refractivity contribution < 1.29 is 13.6 Å². The van der Waals surface area contributed by atoms with Crippen molar-refractivity contribution >= 4 is 11.6 Å². The van der Waals surface area contributed by atoms with Crippen molar-refractivity contribution in [2.24, 2.45) is 0 Å². The van der Waals surface area contributed by atoms with Gasteiger partial charge in [-0.3, -0.25) is 9.69 Å². The van der Waals surface area contributed by atoms with Crippen LogP contribution in [-0.4, -0.2) is 23.4 Å². The fraction of sp³-hybridized carbons (Fsp3) is 0.316. The number of benzene rings is 2. The van der Waals surface area contributed by atoms with Gasteiger partial charge in [-0.15, -0.1) is 0 Å². The van der Waals surface area contributed by atoms with Crippen LogP contribution in [0.3, 0.4) is 0 Å². The molecule has 0 spiro atoms. The van der Waals surface area contributed by atoms with Gasteiger partial charge in [-0.25, -0.2) is 8.78 Å². The Labute approximate surface area is 140 Å². The number of nitrogens with one attached hydrogen (secondary N) is 1. The van der Waals surface area contributed by atoms with Gasteiger partial charge in [0.25, 0.3) is 0 Å². The van der Waals surface area contributed by atoms with Crippen LogP contribution in [0.2, 0.25) is 0 Å². The minimum atomic E-state index is -0.374. The molecule has 0 bridgehead atoms. The minimum Gasteiger partial charge on any atom is -0.325 e. The summed E-state index contributed by atoms with van der Waals surface area (Å²) in [5.41, 5.74) is 2.29. The largest absolute Gasteiger partial charge is 0.325 e. The number of halogens is 2. The standard InChI is InChI=1S/C19H20F2N2O/c1-13-2-5-16(21)10-18(13)22-19(24)12-23(17-8-9-17)11-14-3-6-15(20)7-4-14/h2-7,10,17H,8-9,11-12H2,1H3,(H,22,24). The Morgan fingerprint density at radius 1 is 1.12 bits per heavy atom. The van der Waals surface area contributed by atoms with Crippen LogP contribution in [0.15, 0.2) is 42.5 Å². The van der Waals surface area contributed by atoms with E-state index in [1.165, 1.54) is 24.3 Å². The molecule has 5 heteroatoms. The second-order valence-corrected chi connectivity index (χ2v) is 6.27. The monoisotopic (exact) mass is 330 g/mol. The maximum absolute atomic E-state index is 13.3. The number of aryl methyl sites for hydroxylation is 1. The third-order valence-electron chi connectivity index (χ3n) is 4.18. The van der Waals surface area contributed by atoms with E-state index in [0.29, 0.717) is 18.3 Å². The fourth-order valence-corrected chi connectivity index (χ4v) is 2.68. The molecule has 2 aromatic carbocycles. The summed E-state index contributed by atoms with van der Waals surface area (Å²) in [5, 5.41) is 2.78. The van der Waals surface area contributed by atoms with Crippen molar-refractivity contribution in [2.75, 3.05) is 11.9 Å². The van der Waals surface area contributed by atoms with Gasteiger partial charge in [0.1, 0.15) is 11.6 Å². The number of hydrogen-bond donors (Lipinski definition) is 1. The summed E-state index contributed by atoms with van der Waals surface area (Å²) in [5.74, 6) is -0.810. The quantitative estimate of drug-likeness (QED) is 0.872. The van der Waals surface area contributed by atoms with Gasteiger partial charge in [0, 0.05) is 18.3 Å². The van der Waals surface area contributed by atoms with Crippen LogP contribution in [-0.2, 0) is 11.3 Å². The Hall–Kier alpha value is -2.27. The SMILES string of the molecule is Cc1ccc(F)cc1NC(=O)CN(Cc1ccc(F)cc1)C1CC1. The van der Waals surface area contributed by atoms with Crippen molar-refractivity contribution in [1.82, 2.24) is 4.90 Å². The zero-order chi connectivity index (χ0) is 17.1. The molecule has 0 aliphatic heterocycles. The number of rotatable bonds is 6. The fourth-order valence-electron chi connectivity index (χ4n) is 2.68. The second-order valence-electron chi connectivity index (χ2n) is 6.27. The van der Waals surface area contributed by atoms with E-state index in [1.54, 1.807) is 18.2 Å². The molecule has 1 aliphatic carbocycles. The molecule has 1 saturated carbocycles. The molecule has 2 aromatic rings. The molecule has 0 heterocycles. The van der Waals surface area contributed by atoms with Gasteiger partial charge in [-0.2, -0.15) is 0 Å². The Morgan fingerprint density at radius 2 is 1.79 bits per heavy atom. The van der Waals surface area contributed by atoms with Crippen LogP contribution in [0.4, 0.5) is 14.5 Å². The molecule has 24 heavy (non-hydrogen) atoms. The molecule has 0 aromatic heterocycles. The number of carbonyl (C=O) groups is 1. The first-order valence-electron chi connectivity index (χ1n) is 8.06. The first kappa shape index (κ1) is 16.6. The molecule has 1 amide bonds. The number of carbonyl (C=O) groups excluding carboxylic acids is 1. The number of nitrogens with zero attached hydrogens (tertiary/aromatic N) is 1. The van der Waals surface area contributed by atoms with E-state index in [4.69, 9.17) is 0 Å². The predicted molar refractivity (Wildman–Crippen MR) is 89.6 cm³/mol. The van der Waals surface area contributed by atoms with Gasteiger partial charge in [0.2, 0.25) is 5.91 Å². The Kier molecular flexibility index (Phi) is 4.90. The van der Waals surface area contributed by atoms with Gasteiger partial charge in [-0.1, -0.05) is 18.2 Å². The third-order valence-corrected chi connectivity index (χ3v) is 4.18. The lowest BCUT2D eigenvalue weighted by Crippen LogP contribution is -2.34. The smallest absolute Gasteiger partial charge is 0.238 e. The summed E-state index contributed by atoms with van der Waals surface area (Å²) < 4.78 is 26.3. The van der Waals surface area contributed by atoms with Crippen molar-refractivity contribution in [3.8, 4) is 0 Å². The van der Waals surface area contributed by atoms with Crippen LogP contribution in [0.25, 0.3) is 0 Å². The molecule has 0 saturated heterocycles. The van der Waals surface area contributed by atoms with Gasteiger partial charge < -0.3 is 5.32 Å². The zero-order valence-corrected chi connectivity index (χ0v) is 13.6. The highest BCUT2D eigenvalue weighted by molar-refractivity contribution is 5.93. The van der Waals surface area contributed by atoms with E-state index in [-0.39, 0.29) is 24.1 Å². The second kappa shape index (κ2) is 7.09. The van der Waals surface area contributed by atoms with Crippen LogP contribution in [0, 0.1) is 18.6 Å². The molecule has 126 valence electrons. The Morgan fingerprint density at radius 3 is 2.46 bits per heavy atom. The lowest BCUT2D eigenvalue weighted by atomic mass is 10.2. The highest BCUT2D eigenvalue weighted by Crippen LogP contribution is 2.28. The molecular formula is C19H20F2N2O. The molecule has 1 fully saturated rings. The van der Waals surface area contributed by atoms with Crippen LogP contribution in [0.5, 0.6) is 0 Å². The number of anilines is 1. The normalized spacial score (nSPS) is 14.0. The molecule has 0 atom stereocenters. The summed E-state index contributed by atoms with van der Waals surface area (Å²) in [6.45, 7) is 2.66. The molecule has 0 unspecified atom stereocenters. The molecule has 3 rings (SSSR count). The van der Waals surface area contributed by atoms with Crippen LogP contribution >= 0.6 is 0 Å². The highest BCUT2D eigenvalue weighted by atomic mass is 19.1. The van der Waals surface area contributed by atoms with Crippen molar-refractivity contribution in [3.05, 3.63) is 65.2 Å². The molecule has 0 radical (unpaired) electrons. The van der Waals surface area contributed by atoms with Crippen molar-refractivity contribution in [1.29, 1.82) is 0 Å². The summed E-state index contributed by atoms with van der Waals surface area (Å²) in [6.07, 6.45) is 2.13. The van der Waals surface area contributed by atoms with Gasteiger partial charge >= 0.3 is 0 Å². The van der Waals surface area contributed by atoms with E-state index >= 15 is 0 Å². The maximum Gasteiger partial charge on any atom is 0.238 e. The molecule has 1 aliphatic rings. The third kappa shape index (κ3) is 4.38. The van der Waals surface area contributed by atoms with Gasteiger partial charge in [0.05, 0.1) is 6.54 Å². The topological polar surface area (TPSA) is 32.3 Å². The molecule has 3 nitrogen and oxygen atoms in total. The van der Waals surface area contributed by atoms with E-state index in [9.17, 15) is 13.6 Å². The zero-order valence-electron chi connectivity index (χ0n) is 13.6. The van der Waals surface area contributed by atoms with Crippen LogP contribution in [0.1, 0.15) is 24.0 Å². The van der Waals surface area contributed by atoms with E-state index in [0.717, 1.165) is 24.0 Å². The van der Waals surface area contributed by atoms with Gasteiger partial charge in [-0.05, 0) is 55.2 Å². The number of amides is 1. The van der Waals surface area contributed by atoms with E-state index in [2.05, 4.69) is 10.2 Å². The van der Waals surface area contributed by atoms with Crippen molar-refractivity contribution in [2.45, 2.75) is 32.4 Å². The average Bonchev–Trinajstić information content (AvgIpc) is 3.37. The predicted octanol–water partition coefficient (Wildman–Crippen LogP) is 3.88. The van der Waals surface area contributed by atoms with E-state index in [1.807, 2.05) is 6.92 Å². The number of hydrogen-bond acceptors (Lipinski definition) is 2. The summed E-state index contributed by atoms with van der Waals surface area (Å²) in [7, 11) is 0. The lowest BCUT2D eigenvalue weighted by molar-refractivity contribution is -0.117. The molecule has 1 N–H and O–H groups in total. The first-order chi connectivity index (χ1) is 11.5. The first-order valence-corrected chi connectivity index (χ1v) is 8.06. The summed E-state index contributed by atoms with van der Waals surface area (Å²) in [4.78, 5) is 14.4.